The molecule has 0 spiro atoms. The molecule has 1 saturated heterocycles. The predicted octanol–water partition coefficient (Wildman–Crippen LogP) is 2.84. The van der Waals surface area contributed by atoms with E-state index in [-0.39, 0.29) is 12.4 Å². The van der Waals surface area contributed by atoms with Crippen molar-refractivity contribution in [2.45, 2.75) is 18.8 Å². The van der Waals surface area contributed by atoms with Crippen LogP contribution < -0.4 is 0 Å². The first-order valence-corrected chi connectivity index (χ1v) is 5.80. The Labute approximate surface area is 94.4 Å². The van der Waals surface area contributed by atoms with Crippen LogP contribution in [0.4, 0.5) is 0 Å². The number of hydrogen-bond donors (Lipinski definition) is 0. The lowest BCUT2D eigenvalue weighted by Gasteiger charge is -2.06. The Bertz CT molecular complexity index is 360. The van der Waals surface area contributed by atoms with E-state index in [2.05, 4.69) is 22.0 Å². The lowest BCUT2D eigenvalue weighted by Crippen LogP contribution is -2.07. The zero-order valence-electron chi connectivity index (χ0n) is 7.27. The monoisotopic (exact) mass is 273 g/mol. The van der Waals surface area contributed by atoms with Gasteiger partial charge in [0.15, 0.2) is 6.29 Å². The number of thiophene rings is 1. The van der Waals surface area contributed by atoms with Crippen LogP contribution >= 0.6 is 27.3 Å². The second-order valence-electron chi connectivity index (χ2n) is 2.93. The van der Waals surface area contributed by atoms with Crippen LogP contribution in [0.5, 0.6) is 0 Å². The topological polar surface area (TPSA) is 42.2 Å². The van der Waals surface area contributed by atoms with Crippen LogP contribution in [0.15, 0.2) is 15.9 Å². The van der Waals surface area contributed by atoms with Crippen LogP contribution in [0, 0.1) is 11.3 Å². The van der Waals surface area contributed by atoms with Crippen molar-refractivity contribution in [2.24, 2.45) is 0 Å². The third-order valence-electron chi connectivity index (χ3n) is 1.89. The molecule has 0 radical (unpaired) electrons. The molecule has 0 aliphatic carbocycles. The average Bonchev–Trinajstić information content (AvgIpc) is 2.74. The molecule has 1 aromatic heterocycles. The van der Waals surface area contributed by atoms with E-state index in [0.717, 1.165) is 8.66 Å². The van der Waals surface area contributed by atoms with Crippen LogP contribution in [0.1, 0.15) is 17.6 Å². The minimum atomic E-state index is -0.287. The zero-order valence-corrected chi connectivity index (χ0v) is 9.68. The van der Waals surface area contributed by atoms with Crippen molar-refractivity contribution < 1.29 is 9.47 Å². The van der Waals surface area contributed by atoms with E-state index in [9.17, 15) is 0 Å². The highest BCUT2D eigenvalue weighted by Crippen LogP contribution is 2.34. The van der Waals surface area contributed by atoms with Gasteiger partial charge in [0.1, 0.15) is 0 Å². The molecule has 1 aromatic rings. The Balaban J connectivity index is 1.99. The summed E-state index contributed by atoms with van der Waals surface area (Å²) < 4.78 is 12.0. The SMILES string of the molecule is N#CCC1COC(c2ccc(Br)s2)O1. The second-order valence-corrected chi connectivity index (χ2v) is 5.42. The zero-order chi connectivity index (χ0) is 9.97. The highest BCUT2D eigenvalue weighted by molar-refractivity contribution is 9.11. The minimum Gasteiger partial charge on any atom is -0.345 e. The fraction of sp³-hybridized carbons (Fsp3) is 0.444. The Kier molecular flexibility index (Phi) is 3.19. The molecule has 0 saturated carbocycles. The van der Waals surface area contributed by atoms with E-state index in [1.54, 1.807) is 11.3 Å². The van der Waals surface area contributed by atoms with Crippen LogP contribution in [0.25, 0.3) is 0 Å². The van der Waals surface area contributed by atoms with Gasteiger partial charge >= 0.3 is 0 Å². The van der Waals surface area contributed by atoms with Gasteiger partial charge in [-0.2, -0.15) is 5.26 Å². The summed E-state index contributed by atoms with van der Waals surface area (Å²) >= 11 is 4.97. The van der Waals surface area contributed by atoms with E-state index >= 15 is 0 Å². The van der Waals surface area contributed by atoms with Gasteiger partial charge in [-0.1, -0.05) is 0 Å². The first kappa shape index (κ1) is 10.1. The largest absolute Gasteiger partial charge is 0.345 e. The molecule has 2 rings (SSSR count). The van der Waals surface area contributed by atoms with Gasteiger partial charge in [-0.15, -0.1) is 11.3 Å². The molecule has 2 unspecified atom stereocenters. The van der Waals surface area contributed by atoms with Gasteiger partial charge < -0.3 is 9.47 Å². The number of ether oxygens (including phenoxy) is 2. The molecule has 2 atom stereocenters. The molecule has 0 amide bonds. The van der Waals surface area contributed by atoms with Crippen molar-refractivity contribution in [2.75, 3.05) is 6.61 Å². The summed E-state index contributed by atoms with van der Waals surface area (Å²) in [6.45, 7) is 0.508. The lowest BCUT2D eigenvalue weighted by molar-refractivity contribution is -0.0566. The Morgan fingerprint density at radius 2 is 2.50 bits per heavy atom. The second kappa shape index (κ2) is 4.41. The van der Waals surface area contributed by atoms with E-state index in [1.807, 2.05) is 12.1 Å². The third-order valence-corrected chi connectivity index (χ3v) is 3.54. The lowest BCUT2D eigenvalue weighted by atomic mass is 10.3. The molecule has 1 aliphatic rings. The molecule has 0 N–H and O–H groups in total. The molecule has 74 valence electrons. The van der Waals surface area contributed by atoms with E-state index < -0.39 is 0 Å². The Hall–Kier alpha value is -0.410. The summed E-state index contributed by atoms with van der Waals surface area (Å²) in [5.41, 5.74) is 0. The van der Waals surface area contributed by atoms with Gasteiger partial charge in [0, 0.05) is 0 Å². The fourth-order valence-corrected chi connectivity index (χ4v) is 2.67. The molecule has 5 heteroatoms. The first-order chi connectivity index (χ1) is 6.79. The highest BCUT2D eigenvalue weighted by atomic mass is 79.9. The molecule has 0 aromatic carbocycles. The molecule has 3 nitrogen and oxygen atoms in total. The number of nitrogens with zero attached hydrogens (tertiary/aromatic N) is 1. The Morgan fingerprint density at radius 1 is 1.64 bits per heavy atom. The molecule has 2 heterocycles. The van der Waals surface area contributed by atoms with Gasteiger partial charge in [-0.05, 0) is 28.1 Å². The van der Waals surface area contributed by atoms with Gasteiger partial charge in [0.2, 0.25) is 0 Å². The molecular formula is C9H8BrNO2S. The summed E-state index contributed by atoms with van der Waals surface area (Å²) in [5, 5.41) is 8.50. The van der Waals surface area contributed by atoms with Gasteiger partial charge in [0.05, 0.1) is 33.9 Å². The molecule has 1 fully saturated rings. The first-order valence-electron chi connectivity index (χ1n) is 4.19. The summed E-state index contributed by atoms with van der Waals surface area (Å²) in [5.74, 6) is 0. The smallest absolute Gasteiger partial charge is 0.193 e. The number of rotatable bonds is 2. The average molecular weight is 274 g/mol. The van der Waals surface area contributed by atoms with Crippen molar-refractivity contribution in [3.8, 4) is 6.07 Å². The third kappa shape index (κ3) is 2.15. The van der Waals surface area contributed by atoms with Crippen molar-refractivity contribution in [3.05, 3.63) is 20.8 Å². The van der Waals surface area contributed by atoms with Gasteiger partial charge in [-0.25, -0.2) is 0 Å². The fourth-order valence-electron chi connectivity index (χ4n) is 1.26. The van der Waals surface area contributed by atoms with Crippen molar-refractivity contribution in [1.82, 2.24) is 0 Å². The summed E-state index contributed by atoms with van der Waals surface area (Å²) in [4.78, 5) is 1.04. The summed E-state index contributed by atoms with van der Waals surface area (Å²) in [7, 11) is 0. The maximum atomic E-state index is 8.50. The van der Waals surface area contributed by atoms with Crippen LogP contribution in [0.2, 0.25) is 0 Å². The van der Waals surface area contributed by atoms with E-state index in [4.69, 9.17) is 14.7 Å². The molecular weight excluding hydrogens is 266 g/mol. The normalized spacial score (nSPS) is 26.3. The number of hydrogen-bond acceptors (Lipinski definition) is 4. The molecule has 1 aliphatic heterocycles. The number of halogens is 1. The number of nitriles is 1. The van der Waals surface area contributed by atoms with Crippen LogP contribution in [-0.2, 0) is 9.47 Å². The molecule has 0 bridgehead atoms. The van der Waals surface area contributed by atoms with E-state index in [0.29, 0.717) is 13.0 Å². The Morgan fingerprint density at radius 3 is 3.14 bits per heavy atom. The molecule has 14 heavy (non-hydrogen) atoms. The highest BCUT2D eigenvalue weighted by Gasteiger charge is 2.27. The van der Waals surface area contributed by atoms with Crippen molar-refractivity contribution >= 4 is 27.3 Å². The standard InChI is InChI=1S/C9H8BrNO2S/c10-8-2-1-7(14-8)9-12-5-6(13-9)3-4-11/h1-2,6,9H,3,5H2. The quantitative estimate of drug-likeness (QED) is 0.832. The van der Waals surface area contributed by atoms with Crippen molar-refractivity contribution in [3.63, 3.8) is 0 Å². The summed E-state index contributed by atoms with van der Waals surface area (Å²) in [6, 6.07) is 6.01. The van der Waals surface area contributed by atoms with Crippen LogP contribution in [0.3, 0.4) is 0 Å². The van der Waals surface area contributed by atoms with Gasteiger partial charge in [0.25, 0.3) is 0 Å². The maximum Gasteiger partial charge on any atom is 0.193 e. The van der Waals surface area contributed by atoms with E-state index in [1.165, 1.54) is 0 Å². The van der Waals surface area contributed by atoms with Crippen molar-refractivity contribution in [1.29, 1.82) is 5.26 Å². The predicted molar refractivity (Wildman–Crippen MR) is 55.8 cm³/mol. The van der Waals surface area contributed by atoms with Gasteiger partial charge in [-0.3, -0.25) is 0 Å². The maximum absolute atomic E-state index is 8.50. The summed E-state index contributed by atoms with van der Waals surface area (Å²) in [6.07, 6.45) is 0.0267. The minimum absolute atomic E-state index is 0.0779. The van der Waals surface area contributed by atoms with Crippen LogP contribution in [-0.4, -0.2) is 12.7 Å².